The Morgan fingerprint density at radius 1 is 1.12 bits per heavy atom. The number of Topliss-reactive ketones (excluding diaryl/α,β-unsaturated/α-hetero) is 1. The van der Waals surface area contributed by atoms with Crippen molar-refractivity contribution < 1.29 is 9.59 Å². The number of benzene rings is 1. The Hall–Kier alpha value is -2.88. The second-order valence-electron chi connectivity index (χ2n) is 6.38. The lowest BCUT2D eigenvalue weighted by Gasteiger charge is -2.11. The average Bonchev–Trinajstić information content (AvgIpc) is 3.00. The number of pyridine rings is 1. The van der Waals surface area contributed by atoms with Gasteiger partial charge in [-0.1, -0.05) is 42.8 Å². The molecule has 0 spiro atoms. The van der Waals surface area contributed by atoms with Gasteiger partial charge in [0.1, 0.15) is 5.69 Å². The third kappa shape index (κ3) is 3.33. The summed E-state index contributed by atoms with van der Waals surface area (Å²) in [5.41, 5.74) is 4.14. The van der Waals surface area contributed by atoms with Gasteiger partial charge in [0.2, 0.25) is 0 Å². The zero-order valence-corrected chi connectivity index (χ0v) is 14.7. The van der Waals surface area contributed by atoms with E-state index in [0.717, 1.165) is 28.6 Å². The normalized spacial score (nSPS) is 12.1. The topological polar surface area (TPSA) is 50.6 Å². The van der Waals surface area contributed by atoms with Gasteiger partial charge in [0.05, 0.1) is 0 Å². The molecule has 4 heteroatoms. The maximum atomic E-state index is 12.9. The van der Waals surface area contributed by atoms with E-state index >= 15 is 0 Å². The molecule has 0 aliphatic rings. The minimum absolute atomic E-state index is 0.0366. The molecule has 0 aliphatic carbocycles. The van der Waals surface area contributed by atoms with Crippen LogP contribution in [0.15, 0.2) is 54.7 Å². The molecule has 4 nitrogen and oxygen atoms in total. The van der Waals surface area contributed by atoms with Gasteiger partial charge in [-0.25, -0.2) is 0 Å². The van der Waals surface area contributed by atoms with Crippen LogP contribution in [0, 0.1) is 6.92 Å². The first kappa shape index (κ1) is 17.0. The van der Waals surface area contributed by atoms with Gasteiger partial charge in [0.15, 0.2) is 0 Å². The number of ketones is 1. The van der Waals surface area contributed by atoms with E-state index in [2.05, 4.69) is 5.32 Å². The smallest absolute Gasteiger partial charge is 0.294 e. The van der Waals surface area contributed by atoms with Crippen LogP contribution in [0.4, 0.5) is 0 Å². The molecule has 1 atom stereocenters. The minimum Gasteiger partial charge on any atom is -0.347 e. The van der Waals surface area contributed by atoms with Crippen LogP contribution in [-0.4, -0.2) is 22.1 Å². The first-order valence-electron chi connectivity index (χ1n) is 8.53. The number of rotatable bonds is 5. The highest BCUT2D eigenvalue weighted by atomic mass is 16.2. The maximum Gasteiger partial charge on any atom is 0.294 e. The molecule has 0 aliphatic heterocycles. The molecule has 1 aromatic carbocycles. The molecule has 0 bridgehead atoms. The summed E-state index contributed by atoms with van der Waals surface area (Å²) in [4.78, 5) is 25.3. The fraction of sp³-hybridized carbons (Fsp3) is 0.238. The van der Waals surface area contributed by atoms with Crippen molar-refractivity contribution >= 4 is 17.2 Å². The van der Waals surface area contributed by atoms with Crippen molar-refractivity contribution in [2.45, 2.75) is 33.2 Å². The molecule has 0 saturated carbocycles. The van der Waals surface area contributed by atoms with E-state index in [-0.39, 0.29) is 6.04 Å². The highest BCUT2D eigenvalue weighted by molar-refractivity contribution is 6.43. The number of amides is 1. The van der Waals surface area contributed by atoms with E-state index in [4.69, 9.17) is 0 Å². The lowest BCUT2D eigenvalue weighted by molar-refractivity contribution is -0.117. The van der Waals surface area contributed by atoms with Gasteiger partial charge in [-0.15, -0.1) is 0 Å². The second-order valence-corrected chi connectivity index (χ2v) is 6.38. The third-order valence-corrected chi connectivity index (χ3v) is 4.45. The predicted octanol–water partition coefficient (Wildman–Crippen LogP) is 4.01. The van der Waals surface area contributed by atoms with Gasteiger partial charge >= 0.3 is 0 Å². The summed E-state index contributed by atoms with van der Waals surface area (Å²) in [7, 11) is 0. The first-order chi connectivity index (χ1) is 12.0. The summed E-state index contributed by atoms with van der Waals surface area (Å²) in [5.74, 6) is -1.08. The van der Waals surface area contributed by atoms with Crippen molar-refractivity contribution in [3.63, 3.8) is 0 Å². The van der Waals surface area contributed by atoms with Gasteiger partial charge in [-0.2, -0.15) is 0 Å². The van der Waals surface area contributed by atoms with Crippen molar-refractivity contribution in [3.8, 4) is 11.1 Å². The number of aromatic nitrogens is 1. The zero-order valence-electron chi connectivity index (χ0n) is 14.7. The number of carbonyl (C=O) groups excluding carboxylic acids is 2. The van der Waals surface area contributed by atoms with Crippen molar-refractivity contribution in [1.82, 2.24) is 9.72 Å². The Morgan fingerprint density at radius 2 is 1.84 bits per heavy atom. The van der Waals surface area contributed by atoms with E-state index < -0.39 is 11.7 Å². The summed E-state index contributed by atoms with van der Waals surface area (Å²) in [5, 5.41) is 2.77. The Kier molecular flexibility index (Phi) is 4.70. The Labute approximate surface area is 147 Å². The molecule has 0 saturated heterocycles. The summed E-state index contributed by atoms with van der Waals surface area (Å²) in [6.45, 7) is 5.88. The van der Waals surface area contributed by atoms with Gasteiger partial charge < -0.3 is 9.72 Å². The molecule has 25 heavy (non-hydrogen) atoms. The lowest BCUT2D eigenvalue weighted by Crippen LogP contribution is -2.37. The van der Waals surface area contributed by atoms with E-state index in [1.54, 1.807) is 4.40 Å². The third-order valence-electron chi connectivity index (χ3n) is 4.45. The van der Waals surface area contributed by atoms with E-state index in [9.17, 15) is 9.59 Å². The van der Waals surface area contributed by atoms with Crippen LogP contribution in [0.2, 0.25) is 0 Å². The second kappa shape index (κ2) is 6.93. The van der Waals surface area contributed by atoms with Crippen LogP contribution in [0.25, 0.3) is 16.6 Å². The molecule has 2 heterocycles. The molecule has 2 aromatic heterocycles. The standard InChI is InChI=1S/C21H22N2O2/c1-4-15(3)22-21(25)20(24)19-18(16-10-8-14(2)9-11-16)13-17-7-5-6-12-23(17)19/h5-13,15H,4H2,1-3H3,(H,22,25)/t15-/m0/s1. The predicted molar refractivity (Wildman–Crippen MR) is 99.8 cm³/mol. The number of nitrogens with one attached hydrogen (secondary N) is 1. The van der Waals surface area contributed by atoms with Crippen LogP contribution in [0.3, 0.4) is 0 Å². The quantitative estimate of drug-likeness (QED) is 0.566. The molecule has 3 aromatic rings. The average molecular weight is 334 g/mol. The number of carbonyl (C=O) groups is 2. The molecule has 0 unspecified atom stereocenters. The van der Waals surface area contributed by atoms with E-state index in [1.807, 2.05) is 75.5 Å². The molecular formula is C21H22N2O2. The van der Waals surface area contributed by atoms with Crippen LogP contribution in [0.1, 0.15) is 36.3 Å². The lowest BCUT2D eigenvalue weighted by atomic mass is 10.0. The van der Waals surface area contributed by atoms with Gasteiger partial charge in [-0.3, -0.25) is 9.59 Å². The van der Waals surface area contributed by atoms with Crippen molar-refractivity contribution in [2.24, 2.45) is 0 Å². The minimum atomic E-state index is -0.563. The number of nitrogens with zero attached hydrogens (tertiary/aromatic N) is 1. The van der Waals surface area contributed by atoms with E-state index in [0.29, 0.717) is 5.69 Å². The van der Waals surface area contributed by atoms with Crippen LogP contribution < -0.4 is 5.32 Å². The van der Waals surface area contributed by atoms with Gasteiger partial charge in [-0.05, 0) is 44.0 Å². The SMILES string of the molecule is CC[C@H](C)NC(=O)C(=O)c1c(-c2ccc(C)cc2)cc2ccccn12. The Bertz CT molecular complexity index is 923. The van der Waals surface area contributed by atoms with Crippen molar-refractivity contribution in [2.75, 3.05) is 0 Å². The highest BCUT2D eigenvalue weighted by Crippen LogP contribution is 2.28. The molecule has 0 fully saturated rings. The van der Waals surface area contributed by atoms with E-state index in [1.165, 1.54) is 0 Å². The maximum absolute atomic E-state index is 12.9. The fourth-order valence-corrected chi connectivity index (χ4v) is 2.81. The Morgan fingerprint density at radius 3 is 2.52 bits per heavy atom. The number of hydrogen-bond donors (Lipinski definition) is 1. The monoisotopic (exact) mass is 334 g/mol. The van der Waals surface area contributed by atoms with Crippen LogP contribution in [0.5, 0.6) is 0 Å². The summed E-state index contributed by atoms with van der Waals surface area (Å²) >= 11 is 0. The van der Waals surface area contributed by atoms with Gasteiger partial charge in [0, 0.05) is 23.3 Å². The highest BCUT2D eigenvalue weighted by Gasteiger charge is 2.25. The van der Waals surface area contributed by atoms with Crippen molar-refractivity contribution in [3.05, 3.63) is 66.0 Å². The zero-order chi connectivity index (χ0) is 18.0. The molecule has 3 rings (SSSR count). The molecule has 1 N–H and O–H groups in total. The first-order valence-corrected chi connectivity index (χ1v) is 8.53. The Balaban J connectivity index is 2.12. The molecule has 0 radical (unpaired) electrons. The number of aryl methyl sites for hydroxylation is 1. The van der Waals surface area contributed by atoms with Crippen LogP contribution in [-0.2, 0) is 4.79 Å². The van der Waals surface area contributed by atoms with Gasteiger partial charge in [0.25, 0.3) is 11.7 Å². The number of fused-ring (bicyclic) bond motifs is 1. The fourth-order valence-electron chi connectivity index (χ4n) is 2.81. The molecule has 128 valence electrons. The summed E-state index contributed by atoms with van der Waals surface area (Å²) in [6, 6.07) is 15.6. The summed E-state index contributed by atoms with van der Waals surface area (Å²) < 4.78 is 1.79. The molecule has 1 amide bonds. The van der Waals surface area contributed by atoms with Crippen molar-refractivity contribution in [1.29, 1.82) is 0 Å². The summed E-state index contributed by atoms with van der Waals surface area (Å²) in [6.07, 6.45) is 2.59. The van der Waals surface area contributed by atoms with Crippen LogP contribution >= 0.6 is 0 Å². The number of hydrogen-bond acceptors (Lipinski definition) is 2. The largest absolute Gasteiger partial charge is 0.347 e. The molecular weight excluding hydrogens is 312 g/mol.